The molecule has 8 heteroatoms. The Balaban J connectivity index is 1.77. The van der Waals surface area contributed by atoms with E-state index < -0.39 is 29.9 Å². The first-order valence-electron chi connectivity index (χ1n) is 8.97. The van der Waals surface area contributed by atoms with Crippen molar-refractivity contribution in [1.29, 1.82) is 0 Å². The third kappa shape index (κ3) is 2.87. The summed E-state index contributed by atoms with van der Waals surface area (Å²) >= 11 is 0. The highest BCUT2D eigenvalue weighted by molar-refractivity contribution is 6.24. The predicted molar refractivity (Wildman–Crippen MR) is 99.7 cm³/mol. The molecule has 2 saturated heterocycles. The summed E-state index contributed by atoms with van der Waals surface area (Å²) in [6.45, 7) is 3.43. The van der Waals surface area contributed by atoms with Crippen LogP contribution in [0.4, 0.5) is 5.69 Å². The Morgan fingerprint density at radius 3 is 2.54 bits per heavy atom. The SMILES string of the molecule is Cc1cccc(C2C3C(=O)N(c4ccccc4C)C(=O)C3ON2CC(N)=O)n1. The first-order valence-corrected chi connectivity index (χ1v) is 8.97. The van der Waals surface area contributed by atoms with Crippen LogP contribution in [0, 0.1) is 19.8 Å². The van der Waals surface area contributed by atoms with Crippen LogP contribution in [-0.2, 0) is 19.2 Å². The Morgan fingerprint density at radius 1 is 1.11 bits per heavy atom. The quantitative estimate of drug-likeness (QED) is 0.794. The fraction of sp³-hybridized carbons (Fsp3) is 0.300. The van der Waals surface area contributed by atoms with Crippen LogP contribution >= 0.6 is 0 Å². The maximum atomic E-state index is 13.3. The van der Waals surface area contributed by atoms with E-state index in [1.165, 1.54) is 9.96 Å². The zero-order chi connectivity index (χ0) is 20.0. The van der Waals surface area contributed by atoms with Crippen molar-refractivity contribution in [3.63, 3.8) is 0 Å². The smallest absolute Gasteiger partial charge is 0.265 e. The molecular formula is C20H20N4O4. The fourth-order valence-electron chi connectivity index (χ4n) is 3.87. The number of hydroxylamine groups is 2. The molecule has 28 heavy (non-hydrogen) atoms. The molecule has 2 fully saturated rings. The number of hydrogen-bond donors (Lipinski definition) is 1. The minimum atomic E-state index is -1.02. The molecule has 0 aliphatic carbocycles. The summed E-state index contributed by atoms with van der Waals surface area (Å²) in [6.07, 6.45) is -1.02. The summed E-state index contributed by atoms with van der Waals surface area (Å²) < 4.78 is 0. The highest BCUT2D eigenvalue weighted by Gasteiger charge is 2.60. The molecule has 2 aliphatic heterocycles. The van der Waals surface area contributed by atoms with Crippen LogP contribution in [0.3, 0.4) is 0 Å². The van der Waals surface area contributed by atoms with Gasteiger partial charge in [0.2, 0.25) is 11.8 Å². The summed E-state index contributed by atoms with van der Waals surface area (Å²) in [5.74, 6) is -2.24. The number of aromatic nitrogens is 1. The highest BCUT2D eigenvalue weighted by atomic mass is 16.7. The number of nitrogens with zero attached hydrogens (tertiary/aromatic N) is 3. The lowest BCUT2D eigenvalue weighted by molar-refractivity contribution is -0.175. The Morgan fingerprint density at radius 2 is 1.86 bits per heavy atom. The maximum Gasteiger partial charge on any atom is 0.265 e. The average molecular weight is 380 g/mol. The molecule has 4 rings (SSSR count). The zero-order valence-electron chi connectivity index (χ0n) is 15.5. The second-order valence-corrected chi connectivity index (χ2v) is 7.04. The van der Waals surface area contributed by atoms with E-state index in [-0.39, 0.29) is 12.5 Å². The number of benzene rings is 1. The largest absolute Gasteiger partial charge is 0.368 e. The second-order valence-electron chi connectivity index (χ2n) is 7.04. The van der Waals surface area contributed by atoms with Gasteiger partial charge >= 0.3 is 0 Å². The highest BCUT2D eigenvalue weighted by Crippen LogP contribution is 2.45. The predicted octanol–water partition coefficient (Wildman–Crippen LogP) is 1.03. The molecule has 0 bridgehead atoms. The Hall–Kier alpha value is -3.10. The van der Waals surface area contributed by atoms with E-state index in [9.17, 15) is 14.4 Å². The van der Waals surface area contributed by atoms with Crippen molar-refractivity contribution < 1.29 is 19.2 Å². The van der Waals surface area contributed by atoms with Gasteiger partial charge in [-0.1, -0.05) is 24.3 Å². The number of aryl methyl sites for hydroxylation is 2. The Labute approximate surface area is 161 Å². The first-order chi connectivity index (χ1) is 13.4. The molecule has 0 radical (unpaired) electrons. The average Bonchev–Trinajstić information content (AvgIpc) is 3.11. The molecule has 2 aliphatic rings. The van der Waals surface area contributed by atoms with Gasteiger partial charge in [-0.2, -0.15) is 5.06 Å². The monoisotopic (exact) mass is 380 g/mol. The number of para-hydroxylation sites is 1. The maximum absolute atomic E-state index is 13.3. The van der Waals surface area contributed by atoms with Gasteiger partial charge in [0.25, 0.3) is 5.91 Å². The number of amides is 3. The van der Waals surface area contributed by atoms with Crippen molar-refractivity contribution in [2.24, 2.45) is 11.7 Å². The molecule has 2 aromatic rings. The van der Waals surface area contributed by atoms with Gasteiger partial charge in [-0.3, -0.25) is 24.2 Å². The number of nitrogens with two attached hydrogens (primary N) is 1. The molecule has 3 atom stereocenters. The zero-order valence-corrected chi connectivity index (χ0v) is 15.5. The number of carbonyl (C=O) groups is 3. The number of primary amides is 1. The molecule has 0 saturated carbocycles. The van der Waals surface area contributed by atoms with E-state index in [0.29, 0.717) is 11.4 Å². The van der Waals surface area contributed by atoms with Gasteiger partial charge in [0, 0.05) is 5.69 Å². The van der Waals surface area contributed by atoms with Gasteiger partial charge in [-0.05, 0) is 37.6 Å². The van der Waals surface area contributed by atoms with Crippen LogP contribution in [-0.4, -0.2) is 40.4 Å². The third-order valence-electron chi connectivity index (χ3n) is 5.08. The van der Waals surface area contributed by atoms with E-state index in [1.54, 1.807) is 18.2 Å². The summed E-state index contributed by atoms with van der Waals surface area (Å²) in [6, 6.07) is 11.9. The van der Waals surface area contributed by atoms with Gasteiger partial charge in [-0.25, -0.2) is 4.90 Å². The number of hydrogen-bond acceptors (Lipinski definition) is 6. The number of pyridine rings is 1. The van der Waals surface area contributed by atoms with Crippen molar-refractivity contribution in [1.82, 2.24) is 10.0 Å². The molecule has 3 unspecified atom stereocenters. The summed E-state index contributed by atoms with van der Waals surface area (Å²) in [4.78, 5) is 49.3. The molecular weight excluding hydrogens is 360 g/mol. The summed E-state index contributed by atoms with van der Waals surface area (Å²) in [5.41, 5.74) is 8.00. The van der Waals surface area contributed by atoms with Crippen LogP contribution in [0.25, 0.3) is 0 Å². The van der Waals surface area contributed by atoms with Gasteiger partial charge in [0.05, 0.1) is 23.3 Å². The van der Waals surface area contributed by atoms with Gasteiger partial charge in [0.15, 0.2) is 6.10 Å². The van der Waals surface area contributed by atoms with E-state index in [2.05, 4.69) is 4.98 Å². The van der Waals surface area contributed by atoms with E-state index in [4.69, 9.17) is 10.6 Å². The van der Waals surface area contributed by atoms with Crippen LogP contribution < -0.4 is 10.6 Å². The number of rotatable bonds is 4. The number of anilines is 1. The normalized spacial score (nSPS) is 24.6. The molecule has 2 N–H and O–H groups in total. The standard InChI is InChI=1S/C20H20N4O4/c1-11-6-3-4-9-14(11)24-19(26)16-17(13-8-5-7-12(2)22-13)23(10-15(21)25)28-18(16)20(24)27/h3-9,16-18H,10H2,1-2H3,(H2,21,25). The minimum Gasteiger partial charge on any atom is -0.368 e. The van der Waals surface area contributed by atoms with Crippen molar-refractivity contribution in [2.75, 3.05) is 11.4 Å². The van der Waals surface area contributed by atoms with E-state index >= 15 is 0 Å². The Kier molecular flexibility index (Phi) is 4.44. The molecule has 144 valence electrons. The van der Waals surface area contributed by atoms with Crippen molar-refractivity contribution in [2.45, 2.75) is 26.0 Å². The molecule has 1 aromatic heterocycles. The number of imide groups is 1. The summed E-state index contributed by atoms with van der Waals surface area (Å²) in [7, 11) is 0. The number of carbonyl (C=O) groups excluding carboxylic acids is 3. The van der Waals surface area contributed by atoms with Crippen LogP contribution in [0.5, 0.6) is 0 Å². The lowest BCUT2D eigenvalue weighted by atomic mass is 9.93. The second kappa shape index (κ2) is 6.81. The van der Waals surface area contributed by atoms with Crippen molar-refractivity contribution >= 4 is 23.4 Å². The van der Waals surface area contributed by atoms with Gasteiger partial charge in [0.1, 0.15) is 6.54 Å². The number of fused-ring (bicyclic) bond motifs is 1. The fourth-order valence-corrected chi connectivity index (χ4v) is 3.87. The van der Waals surface area contributed by atoms with E-state index in [0.717, 1.165) is 11.3 Å². The minimum absolute atomic E-state index is 0.238. The van der Waals surface area contributed by atoms with Crippen molar-refractivity contribution in [3.8, 4) is 0 Å². The molecule has 3 heterocycles. The summed E-state index contributed by atoms with van der Waals surface area (Å²) in [5, 5.41) is 1.31. The van der Waals surface area contributed by atoms with Crippen LogP contribution in [0.1, 0.15) is 23.0 Å². The molecule has 0 spiro atoms. The van der Waals surface area contributed by atoms with Gasteiger partial charge < -0.3 is 5.73 Å². The van der Waals surface area contributed by atoms with Crippen molar-refractivity contribution in [3.05, 3.63) is 59.4 Å². The molecule has 3 amide bonds. The molecule has 1 aromatic carbocycles. The third-order valence-corrected chi connectivity index (χ3v) is 5.08. The Bertz CT molecular complexity index is 976. The lowest BCUT2D eigenvalue weighted by Crippen LogP contribution is -2.40. The lowest BCUT2D eigenvalue weighted by Gasteiger charge is -2.26. The van der Waals surface area contributed by atoms with Crippen LogP contribution in [0.15, 0.2) is 42.5 Å². The van der Waals surface area contributed by atoms with E-state index in [1.807, 2.05) is 38.1 Å². The van der Waals surface area contributed by atoms with Gasteiger partial charge in [-0.15, -0.1) is 0 Å². The first kappa shape index (κ1) is 18.3. The molecule has 8 nitrogen and oxygen atoms in total. The topological polar surface area (TPSA) is 106 Å². The van der Waals surface area contributed by atoms with Crippen LogP contribution in [0.2, 0.25) is 0 Å².